The van der Waals surface area contributed by atoms with Crippen molar-refractivity contribution in [3.05, 3.63) is 21.8 Å². The van der Waals surface area contributed by atoms with Gasteiger partial charge < -0.3 is 5.32 Å². The second-order valence-corrected chi connectivity index (χ2v) is 5.09. The summed E-state index contributed by atoms with van der Waals surface area (Å²) in [5.74, 6) is 1.47. The molecule has 0 aromatic carbocycles. The Bertz CT molecular complexity index is 330. The Morgan fingerprint density at radius 1 is 1.53 bits per heavy atom. The molecule has 0 saturated heterocycles. The predicted octanol–water partition coefficient (Wildman–Crippen LogP) is 4.34. The second kappa shape index (κ2) is 5.71. The van der Waals surface area contributed by atoms with E-state index in [1.165, 1.54) is 0 Å². The largest absolute Gasteiger partial charge is 0.366 e. The average molecular weight is 292 g/mol. The van der Waals surface area contributed by atoms with Crippen LogP contribution in [0, 0.1) is 5.92 Å². The van der Waals surface area contributed by atoms with Gasteiger partial charge in [0.1, 0.15) is 5.82 Å². The van der Waals surface area contributed by atoms with Crippen LogP contribution in [0.3, 0.4) is 0 Å². The number of anilines is 1. The lowest BCUT2D eigenvalue weighted by molar-refractivity contribution is 0.493. The van der Waals surface area contributed by atoms with Crippen molar-refractivity contribution in [2.24, 2.45) is 5.92 Å². The summed E-state index contributed by atoms with van der Waals surface area (Å²) in [6.45, 7) is 6.57. The van der Waals surface area contributed by atoms with E-state index in [0.717, 1.165) is 16.7 Å². The van der Waals surface area contributed by atoms with E-state index in [-0.39, 0.29) is 0 Å². The number of aromatic nitrogens is 1. The van der Waals surface area contributed by atoms with Crippen LogP contribution in [-0.4, -0.2) is 11.0 Å². The molecule has 15 heavy (non-hydrogen) atoms. The van der Waals surface area contributed by atoms with Gasteiger partial charge in [-0.25, -0.2) is 4.98 Å². The fourth-order valence-electron chi connectivity index (χ4n) is 1.23. The van der Waals surface area contributed by atoms with Crippen LogP contribution in [0.15, 0.2) is 16.7 Å². The van der Waals surface area contributed by atoms with Gasteiger partial charge in [0.25, 0.3) is 0 Å². The molecule has 1 aromatic rings. The number of hydrogen-bond acceptors (Lipinski definition) is 2. The normalized spacial score (nSPS) is 14.7. The number of nitrogens with one attached hydrogen (secondary N) is 1. The van der Waals surface area contributed by atoms with Crippen molar-refractivity contribution in [3.8, 4) is 0 Å². The number of rotatable bonds is 4. The van der Waals surface area contributed by atoms with Gasteiger partial charge in [-0.15, -0.1) is 0 Å². The maximum absolute atomic E-state index is 5.82. The van der Waals surface area contributed by atoms with Gasteiger partial charge in [0, 0.05) is 12.2 Å². The predicted molar refractivity (Wildman–Crippen MR) is 69.5 cm³/mol. The van der Waals surface area contributed by atoms with Crippen molar-refractivity contribution in [3.63, 3.8) is 0 Å². The Morgan fingerprint density at radius 3 is 2.73 bits per heavy atom. The molecule has 0 bridgehead atoms. The molecule has 84 valence electrons. The van der Waals surface area contributed by atoms with Crippen LogP contribution in [0.1, 0.15) is 27.2 Å². The Balaban J connectivity index is 2.72. The van der Waals surface area contributed by atoms with E-state index < -0.39 is 0 Å². The first-order valence-corrected chi connectivity index (χ1v) is 6.29. The van der Waals surface area contributed by atoms with E-state index in [9.17, 15) is 0 Å². The summed E-state index contributed by atoms with van der Waals surface area (Å²) in [6.07, 6.45) is 2.80. The van der Waals surface area contributed by atoms with Crippen molar-refractivity contribution in [2.75, 3.05) is 5.32 Å². The van der Waals surface area contributed by atoms with Crippen LogP contribution in [0.4, 0.5) is 5.82 Å². The topological polar surface area (TPSA) is 24.9 Å². The molecular weight excluding hydrogens is 275 g/mol. The molecule has 0 spiro atoms. The van der Waals surface area contributed by atoms with E-state index in [1.807, 2.05) is 6.07 Å². The highest BCUT2D eigenvalue weighted by Gasteiger charge is 2.12. The van der Waals surface area contributed by atoms with Crippen LogP contribution in [0.5, 0.6) is 0 Å². The summed E-state index contributed by atoms with van der Waals surface area (Å²) < 4.78 is 0.908. The molecule has 4 heteroatoms. The number of hydrogen-bond donors (Lipinski definition) is 1. The number of pyridine rings is 1. The third-order valence-corrected chi connectivity index (χ3v) is 3.48. The van der Waals surface area contributed by atoms with E-state index >= 15 is 0 Å². The van der Waals surface area contributed by atoms with Crippen molar-refractivity contribution in [1.29, 1.82) is 0 Å². The molecule has 1 heterocycles. The highest BCUT2D eigenvalue weighted by molar-refractivity contribution is 9.10. The lowest BCUT2D eigenvalue weighted by Crippen LogP contribution is -2.23. The summed E-state index contributed by atoms with van der Waals surface area (Å²) in [7, 11) is 0. The highest BCUT2D eigenvalue weighted by Crippen LogP contribution is 2.24. The SMILES string of the molecule is CCC(C)C(C)Nc1ncc(Cl)cc1Br. The maximum Gasteiger partial charge on any atom is 0.140 e. The first kappa shape index (κ1) is 12.8. The minimum Gasteiger partial charge on any atom is -0.366 e. The molecule has 0 fully saturated rings. The average Bonchev–Trinajstić information content (AvgIpc) is 2.20. The number of halogens is 2. The molecule has 0 amide bonds. The molecule has 0 radical (unpaired) electrons. The van der Waals surface area contributed by atoms with Gasteiger partial charge in [0.05, 0.1) is 9.50 Å². The van der Waals surface area contributed by atoms with Crippen LogP contribution >= 0.6 is 27.5 Å². The van der Waals surface area contributed by atoms with E-state index in [0.29, 0.717) is 17.0 Å². The van der Waals surface area contributed by atoms with Crippen LogP contribution in [-0.2, 0) is 0 Å². The molecule has 0 aliphatic rings. The summed E-state index contributed by atoms with van der Waals surface area (Å²) in [5.41, 5.74) is 0. The molecule has 2 nitrogen and oxygen atoms in total. The summed E-state index contributed by atoms with van der Waals surface area (Å²) in [6, 6.07) is 2.25. The smallest absolute Gasteiger partial charge is 0.140 e. The summed E-state index contributed by atoms with van der Waals surface area (Å²) in [4.78, 5) is 4.24. The molecule has 2 atom stereocenters. The Kier molecular flexibility index (Phi) is 4.87. The van der Waals surface area contributed by atoms with Crippen LogP contribution in [0.25, 0.3) is 0 Å². The third kappa shape index (κ3) is 3.65. The van der Waals surface area contributed by atoms with Gasteiger partial charge in [-0.3, -0.25) is 0 Å². The van der Waals surface area contributed by atoms with E-state index in [4.69, 9.17) is 11.6 Å². The lowest BCUT2D eigenvalue weighted by Gasteiger charge is -2.21. The molecule has 0 aliphatic carbocycles. The fourth-order valence-corrected chi connectivity index (χ4v) is 1.99. The summed E-state index contributed by atoms with van der Waals surface area (Å²) >= 11 is 9.26. The van der Waals surface area contributed by atoms with Gasteiger partial charge in [-0.2, -0.15) is 0 Å². The van der Waals surface area contributed by atoms with Crippen LogP contribution in [0.2, 0.25) is 5.02 Å². The maximum atomic E-state index is 5.82. The molecule has 0 saturated carbocycles. The zero-order valence-electron chi connectivity index (χ0n) is 9.22. The van der Waals surface area contributed by atoms with Gasteiger partial charge >= 0.3 is 0 Å². The Labute approximate surface area is 105 Å². The highest BCUT2D eigenvalue weighted by atomic mass is 79.9. The monoisotopic (exact) mass is 290 g/mol. The summed E-state index contributed by atoms with van der Waals surface area (Å²) in [5, 5.41) is 4.01. The number of nitrogens with zero attached hydrogens (tertiary/aromatic N) is 1. The van der Waals surface area contributed by atoms with Gasteiger partial charge in [-0.1, -0.05) is 31.9 Å². The third-order valence-electron chi connectivity index (χ3n) is 2.67. The zero-order valence-corrected chi connectivity index (χ0v) is 11.6. The minimum absolute atomic E-state index is 0.403. The van der Waals surface area contributed by atoms with E-state index in [1.54, 1.807) is 6.20 Å². The van der Waals surface area contributed by atoms with Gasteiger partial charge in [-0.05, 0) is 34.8 Å². The lowest BCUT2D eigenvalue weighted by atomic mass is 10.0. The van der Waals surface area contributed by atoms with Gasteiger partial charge in [0.15, 0.2) is 0 Å². The van der Waals surface area contributed by atoms with Crippen LogP contribution < -0.4 is 5.32 Å². The molecule has 1 rings (SSSR count). The second-order valence-electron chi connectivity index (χ2n) is 3.80. The Hall–Kier alpha value is -0.280. The quantitative estimate of drug-likeness (QED) is 0.892. The van der Waals surface area contributed by atoms with Crippen molar-refractivity contribution < 1.29 is 0 Å². The van der Waals surface area contributed by atoms with Crippen molar-refractivity contribution in [1.82, 2.24) is 4.98 Å². The molecule has 1 N–H and O–H groups in total. The zero-order chi connectivity index (χ0) is 11.4. The molecule has 2 unspecified atom stereocenters. The fraction of sp³-hybridized carbons (Fsp3) is 0.545. The van der Waals surface area contributed by atoms with Gasteiger partial charge in [0.2, 0.25) is 0 Å². The first-order valence-electron chi connectivity index (χ1n) is 5.12. The molecule has 0 aliphatic heterocycles. The van der Waals surface area contributed by atoms with Crippen molar-refractivity contribution in [2.45, 2.75) is 33.2 Å². The standard InChI is InChI=1S/C11H16BrClN2/c1-4-7(2)8(3)15-11-10(12)5-9(13)6-14-11/h5-8H,4H2,1-3H3,(H,14,15). The minimum atomic E-state index is 0.403. The molecular formula is C11H16BrClN2. The van der Waals surface area contributed by atoms with Crippen molar-refractivity contribution >= 4 is 33.3 Å². The Morgan fingerprint density at radius 2 is 2.20 bits per heavy atom. The molecule has 1 aromatic heterocycles. The van der Waals surface area contributed by atoms with E-state index in [2.05, 4.69) is 47.0 Å². The first-order chi connectivity index (χ1) is 7.04.